The minimum Gasteiger partial charge on any atom is -0.497 e. The van der Waals surface area contributed by atoms with Crippen molar-refractivity contribution in [2.45, 2.75) is 31.3 Å². The fraction of sp³-hybridized carbons (Fsp3) is 0.500. The fourth-order valence-electron chi connectivity index (χ4n) is 2.13. The average Bonchev–Trinajstić information content (AvgIpc) is 2.41. The van der Waals surface area contributed by atoms with E-state index in [4.69, 9.17) is 15.2 Å². The van der Waals surface area contributed by atoms with Gasteiger partial charge in [0, 0.05) is 18.2 Å². The van der Waals surface area contributed by atoms with Gasteiger partial charge in [-0.05, 0) is 31.4 Å². The monoisotopic (exact) mass is 300 g/mol. The van der Waals surface area contributed by atoms with Gasteiger partial charge in [0.2, 0.25) is 5.91 Å². The maximum absolute atomic E-state index is 11.9. The normalized spacial score (nSPS) is 15.6. The van der Waals surface area contributed by atoms with Crippen LogP contribution in [0.1, 0.15) is 24.8 Å². The Labute approximate surface area is 125 Å². The largest absolute Gasteiger partial charge is 0.497 e. The molecule has 1 amide bonds. The van der Waals surface area contributed by atoms with Crippen LogP contribution >= 0.6 is 12.4 Å². The minimum absolute atomic E-state index is 0. The lowest BCUT2D eigenvalue weighted by Crippen LogP contribution is -2.58. The minimum atomic E-state index is -0.667. The lowest BCUT2D eigenvalue weighted by Gasteiger charge is -2.36. The molecule has 0 radical (unpaired) electrons. The molecule has 1 saturated carbocycles. The Morgan fingerprint density at radius 3 is 2.55 bits per heavy atom. The standard InChI is InChI=1S/C14H20N2O3.ClH/c1-18-11-5-4-10(12(8-11)19-2)9-16-13(17)14(15)6-3-7-14;/h4-5,8H,3,6-7,9,15H2,1-2H3,(H,16,17);1H. The van der Waals surface area contributed by atoms with Crippen molar-refractivity contribution in [1.29, 1.82) is 0 Å². The zero-order valence-corrected chi connectivity index (χ0v) is 12.6. The zero-order chi connectivity index (χ0) is 13.9. The summed E-state index contributed by atoms with van der Waals surface area (Å²) in [4.78, 5) is 11.9. The van der Waals surface area contributed by atoms with Crippen LogP contribution in [0.2, 0.25) is 0 Å². The van der Waals surface area contributed by atoms with Gasteiger partial charge in [0.05, 0.1) is 19.8 Å². The molecule has 0 atom stereocenters. The van der Waals surface area contributed by atoms with E-state index in [1.54, 1.807) is 20.3 Å². The van der Waals surface area contributed by atoms with Gasteiger partial charge >= 0.3 is 0 Å². The Balaban J connectivity index is 0.00000200. The topological polar surface area (TPSA) is 73.6 Å². The summed E-state index contributed by atoms with van der Waals surface area (Å²) in [5, 5.41) is 2.87. The highest BCUT2D eigenvalue weighted by Gasteiger charge is 2.39. The van der Waals surface area contributed by atoms with Crippen molar-refractivity contribution in [3.63, 3.8) is 0 Å². The molecule has 20 heavy (non-hydrogen) atoms. The summed E-state index contributed by atoms with van der Waals surface area (Å²) < 4.78 is 10.4. The summed E-state index contributed by atoms with van der Waals surface area (Å²) in [5.41, 5.74) is 6.20. The van der Waals surface area contributed by atoms with E-state index in [0.717, 1.165) is 30.6 Å². The Hall–Kier alpha value is -1.46. The molecule has 0 heterocycles. The predicted molar refractivity (Wildman–Crippen MR) is 79.4 cm³/mol. The molecular weight excluding hydrogens is 280 g/mol. The van der Waals surface area contributed by atoms with Gasteiger partial charge in [-0.15, -0.1) is 12.4 Å². The molecule has 1 aromatic carbocycles. The molecule has 0 bridgehead atoms. The molecule has 3 N–H and O–H groups in total. The molecule has 1 aliphatic rings. The van der Waals surface area contributed by atoms with Crippen LogP contribution in [0, 0.1) is 0 Å². The van der Waals surface area contributed by atoms with Crippen molar-refractivity contribution in [3.8, 4) is 11.5 Å². The van der Waals surface area contributed by atoms with Crippen molar-refractivity contribution in [3.05, 3.63) is 23.8 Å². The number of benzene rings is 1. The molecule has 1 aromatic rings. The number of hydrogen-bond acceptors (Lipinski definition) is 4. The second kappa shape index (κ2) is 6.81. The first-order chi connectivity index (χ1) is 9.09. The summed E-state index contributed by atoms with van der Waals surface area (Å²) >= 11 is 0. The Kier molecular flexibility index (Phi) is 5.65. The second-order valence-corrected chi connectivity index (χ2v) is 4.87. The van der Waals surface area contributed by atoms with E-state index in [9.17, 15) is 4.79 Å². The third kappa shape index (κ3) is 3.35. The first-order valence-electron chi connectivity index (χ1n) is 6.37. The first kappa shape index (κ1) is 16.6. The number of carbonyl (C=O) groups excluding carboxylic acids is 1. The van der Waals surface area contributed by atoms with Crippen LogP contribution in [0.4, 0.5) is 0 Å². The number of halogens is 1. The number of rotatable bonds is 5. The molecular formula is C14H21ClN2O3. The van der Waals surface area contributed by atoms with Crippen LogP contribution in [0.3, 0.4) is 0 Å². The molecule has 6 heteroatoms. The maximum atomic E-state index is 11.9. The van der Waals surface area contributed by atoms with Crippen LogP contribution in [0.25, 0.3) is 0 Å². The van der Waals surface area contributed by atoms with Gasteiger partial charge in [0.25, 0.3) is 0 Å². The van der Waals surface area contributed by atoms with Crippen LogP contribution in [0.15, 0.2) is 18.2 Å². The van der Waals surface area contributed by atoms with Crippen LogP contribution in [-0.4, -0.2) is 25.7 Å². The van der Waals surface area contributed by atoms with Crippen molar-refractivity contribution in [2.75, 3.05) is 14.2 Å². The SMILES string of the molecule is COc1ccc(CNC(=O)C2(N)CCC2)c(OC)c1.Cl. The van der Waals surface area contributed by atoms with Crippen LogP contribution in [0.5, 0.6) is 11.5 Å². The number of methoxy groups -OCH3 is 2. The lowest BCUT2D eigenvalue weighted by molar-refractivity contribution is -0.129. The summed E-state index contributed by atoms with van der Waals surface area (Å²) in [6.07, 6.45) is 2.55. The van der Waals surface area contributed by atoms with Crippen LogP contribution in [-0.2, 0) is 11.3 Å². The third-order valence-corrected chi connectivity index (χ3v) is 3.63. The van der Waals surface area contributed by atoms with Gasteiger partial charge in [0.15, 0.2) is 0 Å². The van der Waals surface area contributed by atoms with E-state index in [2.05, 4.69) is 5.32 Å². The van der Waals surface area contributed by atoms with Gasteiger partial charge in [-0.1, -0.05) is 0 Å². The maximum Gasteiger partial charge on any atom is 0.240 e. The van der Waals surface area contributed by atoms with Crippen molar-refractivity contribution >= 4 is 18.3 Å². The second-order valence-electron chi connectivity index (χ2n) is 4.87. The number of carbonyl (C=O) groups is 1. The van der Waals surface area contributed by atoms with Gasteiger partial charge < -0.3 is 20.5 Å². The zero-order valence-electron chi connectivity index (χ0n) is 11.8. The first-order valence-corrected chi connectivity index (χ1v) is 6.37. The fourth-order valence-corrected chi connectivity index (χ4v) is 2.13. The molecule has 0 aliphatic heterocycles. The molecule has 5 nitrogen and oxygen atoms in total. The van der Waals surface area contributed by atoms with Gasteiger partial charge in [-0.2, -0.15) is 0 Å². The van der Waals surface area contributed by atoms with E-state index < -0.39 is 5.54 Å². The van der Waals surface area contributed by atoms with Crippen molar-refractivity contribution in [1.82, 2.24) is 5.32 Å². The highest BCUT2D eigenvalue weighted by Crippen LogP contribution is 2.29. The highest BCUT2D eigenvalue weighted by atomic mass is 35.5. The Bertz CT molecular complexity index is 475. The molecule has 0 unspecified atom stereocenters. The van der Waals surface area contributed by atoms with Gasteiger partial charge in [-0.3, -0.25) is 4.79 Å². The molecule has 1 fully saturated rings. The molecule has 0 aromatic heterocycles. The number of hydrogen-bond donors (Lipinski definition) is 2. The summed E-state index contributed by atoms with van der Waals surface area (Å²) in [5.74, 6) is 1.33. The predicted octanol–water partition coefficient (Wildman–Crippen LogP) is 1.62. The summed E-state index contributed by atoms with van der Waals surface area (Å²) in [6, 6.07) is 5.51. The Morgan fingerprint density at radius 1 is 1.35 bits per heavy atom. The average molecular weight is 301 g/mol. The molecule has 1 aliphatic carbocycles. The van der Waals surface area contributed by atoms with E-state index >= 15 is 0 Å². The van der Waals surface area contributed by atoms with Crippen LogP contribution < -0.4 is 20.5 Å². The summed E-state index contributed by atoms with van der Waals surface area (Å²) in [7, 11) is 3.20. The molecule has 2 rings (SSSR count). The van der Waals surface area contributed by atoms with E-state index in [1.165, 1.54) is 0 Å². The lowest BCUT2D eigenvalue weighted by atomic mass is 9.77. The molecule has 0 saturated heterocycles. The molecule has 112 valence electrons. The van der Waals surface area contributed by atoms with E-state index in [1.807, 2.05) is 12.1 Å². The number of ether oxygens (including phenoxy) is 2. The number of amides is 1. The smallest absolute Gasteiger partial charge is 0.240 e. The quantitative estimate of drug-likeness (QED) is 0.867. The van der Waals surface area contributed by atoms with E-state index in [0.29, 0.717) is 12.3 Å². The van der Waals surface area contributed by atoms with Gasteiger partial charge in [-0.25, -0.2) is 0 Å². The summed E-state index contributed by atoms with van der Waals surface area (Å²) in [6.45, 7) is 0.408. The third-order valence-electron chi connectivity index (χ3n) is 3.63. The molecule has 0 spiro atoms. The number of nitrogens with two attached hydrogens (primary N) is 1. The Morgan fingerprint density at radius 2 is 2.05 bits per heavy atom. The van der Waals surface area contributed by atoms with Crippen molar-refractivity contribution < 1.29 is 14.3 Å². The van der Waals surface area contributed by atoms with Crippen molar-refractivity contribution in [2.24, 2.45) is 5.73 Å². The van der Waals surface area contributed by atoms with Gasteiger partial charge in [0.1, 0.15) is 11.5 Å². The van der Waals surface area contributed by atoms with E-state index in [-0.39, 0.29) is 18.3 Å². The highest BCUT2D eigenvalue weighted by molar-refractivity contribution is 5.87. The number of nitrogens with one attached hydrogen (secondary N) is 1.